The molecule has 1 amide bonds. The van der Waals surface area contributed by atoms with Gasteiger partial charge in [-0.05, 0) is 56.5 Å². The van der Waals surface area contributed by atoms with Gasteiger partial charge in [0.25, 0.3) is 0 Å². The van der Waals surface area contributed by atoms with Crippen LogP contribution in [0.5, 0.6) is 0 Å². The number of fused-ring (bicyclic) bond motifs is 1. The van der Waals surface area contributed by atoms with Crippen LogP contribution in [0.15, 0.2) is 24.3 Å². The zero-order valence-corrected chi connectivity index (χ0v) is 19.2. The van der Waals surface area contributed by atoms with Crippen LogP contribution in [-0.4, -0.2) is 39.1 Å². The molecule has 0 radical (unpaired) electrons. The Labute approximate surface area is 180 Å². The molecular formula is C23H36N4OS. The number of piperidine rings is 1. The van der Waals surface area contributed by atoms with Gasteiger partial charge >= 0.3 is 0 Å². The van der Waals surface area contributed by atoms with E-state index < -0.39 is 0 Å². The third kappa shape index (κ3) is 5.10. The van der Waals surface area contributed by atoms with Crippen molar-refractivity contribution in [1.82, 2.24) is 19.4 Å². The lowest BCUT2D eigenvalue weighted by molar-refractivity contribution is -0.127. The lowest BCUT2D eigenvalue weighted by Crippen LogP contribution is -2.44. The Morgan fingerprint density at radius 2 is 1.76 bits per heavy atom. The molecule has 3 rings (SSSR count). The van der Waals surface area contributed by atoms with Crippen molar-refractivity contribution >= 4 is 29.2 Å². The van der Waals surface area contributed by atoms with Gasteiger partial charge in [0.05, 0.1) is 17.7 Å². The molecular weight excluding hydrogens is 380 g/mol. The average molecular weight is 417 g/mol. The Hall–Kier alpha value is -1.66. The minimum Gasteiger partial charge on any atom is -0.353 e. The zero-order valence-electron chi connectivity index (χ0n) is 18.4. The summed E-state index contributed by atoms with van der Waals surface area (Å²) in [4.78, 5) is 15.0. The molecule has 2 aromatic rings. The van der Waals surface area contributed by atoms with E-state index in [0.717, 1.165) is 56.8 Å². The molecule has 0 spiro atoms. The number of nitrogens with one attached hydrogen (secondary N) is 1. The van der Waals surface area contributed by atoms with Crippen molar-refractivity contribution in [3.63, 3.8) is 0 Å². The van der Waals surface area contributed by atoms with E-state index >= 15 is 0 Å². The predicted molar refractivity (Wildman–Crippen MR) is 122 cm³/mol. The number of hydrogen-bond donors (Lipinski definition) is 1. The van der Waals surface area contributed by atoms with Crippen molar-refractivity contribution in [2.24, 2.45) is 11.8 Å². The molecule has 0 bridgehead atoms. The van der Waals surface area contributed by atoms with E-state index in [-0.39, 0.29) is 17.9 Å². The molecule has 1 fully saturated rings. The van der Waals surface area contributed by atoms with Gasteiger partial charge in [0.2, 0.25) is 5.91 Å². The Bertz CT molecular complexity index is 877. The number of hydrogen-bond acceptors (Lipinski definition) is 3. The highest BCUT2D eigenvalue weighted by Crippen LogP contribution is 2.23. The van der Waals surface area contributed by atoms with E-state index in [4.69, 9.17) is 12.2 Å². The second kappa shape index (κ2) is 9.90. The Balaban J connectivity index is 1.66. The SMILES string of the molecule is CCCCn1c(=S)n(CN2CCC(C(=O)NC(C)C(C)C)CC2)c2ccccc21. The number of rotatable bonds is 8. The lowest BCUT2D eigenvalue weighted by Gasteiger charge is -2.32. The fraction of sp³-hybridized carbons (Fsp3) is 0.652. The molecule has 1 aliphatic heterocycles. The Morgan fingerprint density at radius 3 is 2.34 bits per heavy atom. The van der Waals surface area contributed by atoms with E-state index in [1.165, 1.54) is 11.0 Å². The van der Waals surface area contributed by atoms with Crippen LogP contribution in [-0.2, 0) is 18.0 Å². The van der Waals surface area contributed by atoms with Crippen LogP contribution in [0, 0.1) is 16.6 Å². The molecule has 29 heavy (non-hydrogen) atoms. The van der Waals surface area contributed by atoms with E-state index in [1.807, 2.05) is 0 Å². The van der Waals surface area contributed by atoms with Crippen LogP contribution < -0.4 is 5.32 Å². The van der Waals surface area contributed by atoms with Gasteiger partial charge in [0.1, 0.15) is 0 Å². The number of para-hydroxylation sites is 2. The van der Waals surface area contributed by atoms with E-state index in [2.05, 4.69) is 71.3 Å². The molecule has 160 valence electrons. The number of nitrogens with zero attached hydrogens (tertiary/aromatic N) is 3. The monoisotopic (exact) mass is 416 g/mol. The summed E-state index contributed by atoms with van der Waals surface area (Å²) < 4.78 is 5.45. The maximum atomic E-state index is 12.6. The quantitative estimate of drug-likeness (QED) is 0.629. The van der Waals surface area contributed by atoms with Crippen LogP contribution in [0.1, 0.15) is 53.4 Å². The van der Waals surface area contributed by atoms with E-state index in [0.29, 0.717) is 5.92 Å². The third-order valence-corrected chi connectivity index (χ3v) is 6.77. The van der Waals surface area contributed by atoms with Gasteiger partial charge in [-0.15, -0.1) is 0 Å². The number of carbonyl (C=O) groups is 1. The highest BCUT2D eigenvalue weighted by Gasteiger charge is 2.26. The van der Waals surface area contributed by atoms with Crippen molar-refractivity contribution in [2.45, 2.75) is 72.6 Å². The maximum Gasteiger partial charge on any atom is 0.223 e. The van der Waals surface area contributed by atoms with Gasteiger partial charge in [-0.2, -0.15) is 0 Å². The first-order valence-corrected chi connectivity index (χ1v) is 11.5. The summed E-state index contributed by atoms with van der Waals surface area (Å²) in [5.74, 6) is 0.816. The van der Waals surface area contributed by atoms with Crippen molar-refractivity contribution in [3.8, 4) is 0 Å². The summed E-state index contributed by atoms with van der Waals surface area (Å²) in [6, 6.07) is 8.74. The van der Waals surface area contributed by atoms with Crippen LogP contribution in [0.2, 0.25) is 0 Å². The van der Waals surface area contributed by atoms with Crippen molar-refractivity contribution < 1.29 is 4.79 Å². The Kier molecular flexibility index (Phi) is 7.52. The van der Waals surface area contributed by atoms with Gasteiger partial charge in [-0.3, -0.25) is 9.69 Å². The summed E-state index contributed by atoms with van der Waals surface area (Å²) in [7, 11) is 0. The number of aromatic nitrogens is 2. The summed E-state index contributed by atoms with van der Waals surface area (Å²) in [6.07, 6.45) is 4.13. The summed E-state index contributed by atoms with van der Waals surface area (Å²) >= 11 is 5.85. The minimum atomic E-state index is 0.131. The minimum absolute atomic E-state index is 0.131. The van der Waals surface area contributed by atoms with Crippen molar-refractivity contribution in [2.75, 3.05) is 13.1 Å². The van der Waals surface area contributed by atoms with Gasteiger partial charge in [0.15, 0.2) is 4.77 Å². The third-order valence-electron chi connectivity index (χ3n) is 6.33. The van der Waals surface area contributed by atoms with Gasteiger partial charge in [0, 0.05) is 31.6 Å². The van der Waals surface area contributed by atoms with Crippen molar-refractivity contribution in [1.29, 1.82) is 0 Å². The van der Waals surface area contributed by atoms with Crippen LogP contribution in [0.4, 0.5) is 0 Å². The van der Waals surface area contributed by atoms with Crippen molar-refractivity contribution in [3.05, 3.63) is 29.0 Å². The van der Waals surface area contributed by atoms with Crippen LogP contribution in [0.25, 0.3) is 11.0 Å². The number of amides is 1. The summed E-state index contributed by atoms with van der Waals surface area (Å²) in [6.45, 7) is 12.2. The fourth-order valence-electron chi connectivity index (χ4n) is 3.99. The van der Waals surface area contributed by atoms with Gasteiger partial charge in [-0.25, -0.2) is 0 Å². The molecule has 0 aliphatic carbocycles. The largest absolute Gasteiger partial charge is 0.353 e. The lowest BCUT2D eigenvalue weighted by atomic mass is 9.95. The molecule has 6 heteroatoms. The number of likely N-dealkylation sites (tertiary alicyclic amines) is 1. The predicted octanol–water partition coefficient (Wildman–Crippen LogP) is 4.80. The molecule has 1 aromatic heterocycles. The molecule has 1 aliphatic rings. The highest BCUT2D eigenvalue weighted by molar-refractivity contribution is 7.71. The first-order valence-electron chi connectivity index (χ1n) is 11.1. The number of carbonyl (C=O) groups excluding carboxylic acids is 1. The number of imidazole rings is 1. The molecule has 1 unspecified atom stereocenters. The number of aryl methyl sites for hydroxylation is 1. The van der Waals surface area contributed by atoms with E-state index in [1.54, 1.807) is 0 Å². The molecule has 1 aromatic carbocycles. The first-order chi connectivity index (χ1) is 13.9. The van der Waals surface area contributed by atoms with E-state index in [9.17, 15) is 4.79 Å². The molecule has 1 N–H and O–H groups in total. The number of unbranched alkanes of at least 4 members (excludes halogenated alkanes) is 1. The molecule has 2 heterocycles. The highest BCUT2D eigenvalue weighted by atomic mass is 32.1. The average Bonchev–Trinajstić information content (AvgIpc) is 2.98. The molecule has 5 nitrogen and oxygen atoms in total. The topological polar surface area (TPSA) is 42.2 Å². The fourth-order valence-corrected chi connectivity index (χ4v) is 4.33. The van der Waals surface area contributed by atoms with Crippen LogP contribution >= 0.6 is 12.2 Å². The van der Waals surface area contributed by atoms with Gasteiger partial charge in [-0.1, -0.05) is 39.3 Å². The van der Waals surface area contributed by atoms with Gasteiger partial charge < -0.3 is 14.5 Å². The number of benzene rings is 1. The smallest absolute Gasteiger partial charge is 0.223 e. The normalized spacial score (nSPS) is 17.1. The summed E-state index contributed by atoms with van der Waals surface area (Å²) in [5, 5.41) is 3.19. The second-order valence-corrected chi connectivity index (χ2v) is 9.14. The van der Waals surface area contributed by atoms with Crippen LogP contribution in [0.3, 0.4) is 0 Å². The Morgan fingerprint density at radius 1 is 1.14 bits per heavy atom. The molecule has 1 saturated heterocycles. The maximum absolute atomic E-state index is 12.6. The zero-order chi connectivity index (χ0) is 21.0. The summed E-state index contributed by atoms with van der Waals surface area (Å²) in [5.41, 5.74) is 2.43. The standard InChI is InChI=1S/C23H36N4OS/c1-5-6-13-26-20-9-7-8-10-21(20)27(23(26)29)16-25-14-11-19(12-15-25)22(28)24-18(4)17(2)3/h7-10,17-19H,5-6,11-16H2,1-4H3,(H,24,28). The first kappa shape index (κ1) is 22.0. The molecule has 0 saturated carbocycles. The second-order valence-electron chi connectivity index (χ2n) is 8.78. The molecule has 1 atom stereocenters.